The summed E-state index contributed by atoms with van der Waals surface area (Å²) in [5.74, 6) is -1.77. The second-order valence-corrected chi connectivity index (χ2v) is 4.80. The highest BCUT2D eigenvalue weighted by Crippen LogP contribution is 2.26. The van der Waals surface area contributed by atoms with E-state index in [1.807, 2.05) is 0 Å². The van der Waals surface area contributed by atoms with Crippen LogP contribution in [0.1, 0.15) is 18.1 Å². The molecular weight excluding hydrogens is 343 g/mol. The number of pyridine rings is 1. The Morgan fingerprint density at radius 3 is 2.68 bits per heavy atom. The van der Waals surface area contributed by atoms with Gasteiger partial charge in [0.05, 0.1) is 0 Å². The van der Waals surface area contributed by atoms with Gasteiger partial charge in [-0.3, -0.25) is 20.2 Å². The molecule has 3 aromatic heterocycles. The summed E-state index contributed by atoms with van der Waals surface area (Å²) < 4.78 is 42.1. The van der Waals surface area contributed by atoms with Crippen molar-refractivity contribution < 1.29 is 22.5 Å². The maximum absolute atomic E-state index is 12.4. The van der Waals surface area contributed by atoms with E-state index in [0.29, 0.717) is 11.4 Å². The molecule has 0 atom stereocenters. The quantitative estimate of drug-likeness (QED) is 0.717. The van der Waals surface area contributed by atoms with Gasteiger partial charge in [0.15, 0.2) is 0 Å². The van der Waals surface area contributed by atoms with Crippen molar-refractivity contribution in [1.82, 2.24) is 30.3 Å². The molecule has 2 N–H and O–H groups in total. The number of carbonyl (C=O) groups is 1. The van der Waals surface area contributed by atoms with Crippen molar-refractivity contribution in [1.29, 1.82) is 0 Å². The predicted octanol–water partition coefficient (Wildman–Crippen LogP) is 1.84. The number of anilines is 1. The zero-order chi connectivity index (χ0) is 17.9. The van der Waals surface area contributed by atoms with Crippen LogP contribution in [0, 0.1) is 0 Å². The summed E-state index contributed by atoms with van der Waals surface area (Å²) >= 11 is 0. The van der Waals surface area contributed by atoms with Crippen molar-refractivity contribution in [2.75, 3.05) is 5.32 Å². The van der Waals surface area contributed by atoms with E-state index in [1.165, 1.54) is 0 Å². The van der Waals surface area contributed by atoms with Crippen LogP contribution in [0.2, 0.25) is 0 Å². The minimum absolute atomic E-state index is 0.0894. The summed E-state index contributed by atoms with van der Waals surface area (Å²) in [6.07, 6.45) is -1.49. The molecule has 12 heteroatoms. The first-order valence-electron chi connectivity index (χ1n) is 6.94. The summed E-state index contributed by atoms with van der Waals surface area (Å²) in [6, 6.07) is 3.39. The lowest BCUT2D eigenvalue weighted by molar-refractivity contribution is -0.144. The summed E-state index contributed by atoms with van der Waals surface area (Å²) in [4.78, 5) is 22.9. The van der Waals surface area contributed by atoms with Crippen LogP contribution in [-0.2, 0) is 17.4 Å². The predicted molar refractivity (Wildman–Crippen MR) is 75.9 cm³/mol. The number of aryl methyl sites for hydroxylation is 1. The van der Waals surface area contributed by atoms with E-state index in [1.54, 1.807) is 29.6 Å². The third kappa shape index (κ3) is 4.16. The van der Waals surface area contributed by atoms with Crippen molar-refractivity contribution in [2.24, 2.45) is 0 Å². The maximum atomic E-state index is 12.4. The van der Waals surface area contributed by atoms with Gasteiger partial charge in [0.25, 0.3) is 0 Å². The molecule has 0 radical (unpaired) electrons. The Morgan fingerprint density at radius 2 is 2.00 bits per heavy atom. The number of halogens is 3. The number of aromatic nitrogens is 6. The highest BCUT2D eigenvalue weighted by atomic mass is 19.4. The Kier molecular flexibility index (Phi) is 4.41. The second kappa shape index (κ2) is 6.67. The Bertz CT molecular complexity index is 860. The molecule has 0 saturated carbocycles. The number of H-pyrrole nitrogens is 1. The zero-order valence-corrected chi connectivity index (χ0v) is 12.4. The third-order valence-electron chi connectivity index (χ3n) is 2.98. The monoisotopic (exact) mass is 353 g/mol. The van der Waals surface area contributed by atoms with E-state index in [4.69, 9.17) is 4.52 Å². The first-order valence-corrected chi connectivity index (χ1v) is 6.94. The van der Waals surface area contributed by atoms with Crippen LogP contribution >= 0.6 is 0 Å². The van der Waals surface area contributed by atoms with Crippen LogP contribution < -0.4 is 5.32 Å². The number of nitrogens with one attached hydrogen (secondary N) is 2. The molecular formula is C13H10F3N7O2. The van der Waals surface area contributed by atoms with Gasteiger partial charge < -0.3 is 4.52 Å². The molecule has 0 aromatic carbocycles. The lowest BCUT2D eigenvalue weighted by Crippen LogP contribution is -2.14. The largest absolute Gasteiger partial charge is 0.451 e. The van der Waals surface area contributed by atoms with Gasteiger partial charge in [0.2, 0.25) is 29.4 Å². The summed E-state index contributed by atoms with van der Waals surface area (Å²) in [5, 5.41) is 10.9. The SMILES string of the molecule is O=C(CCc1nc(-c2ccncc2)no1)Nc1n[nH]c(C(F)(F)F)n1. The number of hydrogen-bond donors (Lipinski definition) is 2. The number of nitrogens with zero attached hydrogens (tertiary/aromatic N) is 5. The first-order chi connectivity index (χ1) is 11.9. The van der Waals surface area contributed by atoms with Gasteiger partial charge >= 0.3 is 6.18 Å². The van der Waals surface area contributed by atoms with E-state index in [0.717, 1.165) is 0 Å². The minimum atomic E-state index is -4.66. The lowest BCUT2D eigenvalue weighted by Gasteiger charge is -1.99. The van der Waals surface area contributed by atoms with Crippen LogP contribution in [0.3, 0.4) is 0 Å². The van der Waals surface area contributed by atoms with Crippen molar-refractivity contribution >= 4 is 11.9 Å². The molecule has 0 saturated heterocycles. The van der Waals surface area contributed by atoms with Crippen LogP contribution in [0.25, 0.3) is 11.4 Å². The normalized spacial score (nSPS) is 11.5. The standard InChI is InChI=1S/C13H10F3N7O2/c14-13(15,16)11-20-12(22-21-11)18-8(24)1-2-9-19-10(23-25-9)7-3-5-17-6-4-7/h3-6H,1-2H2,(H2,18,20,21,22,24). The molecule has 0 bridgehead atoms. The van der Waals surface area contributed by atoms with Crippen LogP contribution in [0.5, 0.6) is 0 Å². The molecule has 1 amide bonds. The van der Waals surface area contributed by atoms with Crippen molar-refractivity contribution in [3.8, 4) is 11.4 Å². The Hall–Kier alpha value is -3.31. The Balaban J connectivity index is 1.54. The highest BCUT2D eigenvalue weighted by Gasteiger charge is 2.35. The Labute approximate surface area is 137 Å². The highest BCUT2D eigenvalue weighted by molar-refractivity contribution is 5.88. The molecule has 0 unspecified atom stereocenters. The summed E-state index contributed by atoms with van der Waals surface area (Å²) in [6.45, 7) is 0. The molecule has 9 nitrogen and oxygen atoms in total. The number of amides is 1. The van der Waals surface area contributed by atoms with Gasteiger partial charge in [0, 0.05) is 30.8 Å². The van der Waals surface area contributed by atoms with Gasteiger partial charge in [-0.1, -0.05) is 5.16 Å². The van der Waals surface area contributed by atoms with Crippen molar-refractivity contribution in [3.05, 3.63) is 36.2 Å². The number of carbonyl (C=O) groups excluding carboxylic acids is 1. The fourth-order valence-electron chi connectivity index (χ4n) is 1.83. The van der Waals surface area contributed by atoms with E-state index < -0.39 is 23.9 Å². The molecule has 130 valence electrons. The van der Waals surface area contributed by atoms with Crippen molar-refractivity contribution in [2.45, 2.75) is 19.0 Å². The van der Waals surface area contributed by atoms with Gasteiger partial charge in [-0.25, -0.2) is 0 Å². The zero-order valence-electron chi connectivity index (χ0n) is 12.4. The molecule has 0 aliphatic rings. The fraction of sp³-hybridized carbons (Fsp3) is 0.231. The minimum Gasteiger partial charge on any atom is -0.339 e. The van der Waals surface area contributed by atoms with Gasteiger partial charge in [-0.2, -0.15) is 23.1 Å². The Morgan fingerprint density at radius 1 is 1.24 bits per heavy atom. The smallest absolute Gasteiger partial charge is 0.339 e. The summed E-state index contributed by atoms with van der Waals surface area (Å²) in [7, 11) is 0. The second-order valence-electron chi connectivity index (χ2n) is 4.80. The van der Waals surface area contributed by atoms with E-state index >= 15 is 0 Å². The molecule has 3 rings (SSSR count). The fourth-order valence-corrected chi connectivity index (χ4v) is 1.83. The van der Waals surface area contributed by atoms with E-state index in [9.17, 15) is 18.0 Å². The van der Waals surface area contributed by atoms with E-state index in [-0.39, 0.29) is 18.7 Å². The molecule has 0 fully saturated rings. The molecule has 0 aliphatic heterocycles. The molecule has 25 heavy (non-hydrogen) atoms. The lowest BCUT2D eigenvalue weighted by atomic mass is 10.2. The molecule has 0 spiro atoms. The summed E-state index contributed by atoms with van der Waals surface area (Å²) in [5.41, 5.74) is 0.704. The van der Waals surface area contributed by atoms with Crippen LogP contribution in [0.15, 0.2) is 29.0 Å². The maximum Gasteiger partial charge on any atom is 0.451 e. The number of rotatable bonds is 5. The van der Waals surface area contributed by atoms with Gasteiger partial charge in [-0.15, -0.1) is 5.10 Å². The van der Waals surface area contributed by atoms with Gasteiger partial charge in [-0.05, 0) is 12.1 Å². The number of alkyl halides is 3. The molecule has 3 heterocycles. The van der Waals surface area contributed by atoms with Gasteiger partial charge in [0.1, 0.15) is 0 Å². The van der Waals surface area contributed by atoms with Crippen molar-refractivity contribution in [3.63, 3.8) is 0 Å². The first kappa shape index (κ1) is 16.5. The van der Waals surface area contributed by atoms with Crippen LogP contribution in [-0.4, -0.2) is 36.2 Å². The average molecular weight is 353 g/mol. The molecule has 0 aliphatic carbocycles. The average Bonchev–Trinajstić information content (AvgIpc) is 3.23. The van der Waals surface area contributed by atoms with E-state index in [2.05, 4.69) is 30.5 Å². The topological polar surface area (TPSA) is 122 Å². The third-order valence-corrected chi connectivity index (χ3v) is 2.98. The number of aromatic amines is 1. The molecule has 3 aromatic rings. The van der Waals surface area contributed by atoms with Crippen LogP contribution in [0.4, 0.5) is 19.1 Å². The number of hydrogen-bond acceptors (Lipinski definition) is 7.